The highest BCUT2D eigenvalue weighted by atomic mass is 32.2. The molecule has 1 unspecified atom stereocenters. The summed E-state index contributed by atoms with van der Waals surface area (Å²) < 4.78 is 13.3. The number of hydrogen-bond acceptors (Lipinski definition) is 3. The number of aromatic nitrogens is 1. The van der Waals surface area contributed by atoms with Crippen LogP contribution in [-0.4, -0.2) is 20.8 Å². The molecular weight excluding hydrogens is 250 g/mol. The lowest BCUT2D eigenvalue weighted by atomic mass is 10.1. The first kappa shape index (κ1) is 12.7. The number of benzene rings is 1. The molecule has 0 bridgehead atoms. The number of rotatable bonds is 2. The zero-order valence-corrected chi connectivity index (χ0v) is 11.2. The van der Waals surface area contributed by atoms with Crippen LogP contribution in [0.4, 0.5) is 0 Å². The van der Waals surface area contributed by atoms with E-state index in [1.165, 1.54) is 13.2 Å². The van der Waals surface area contributed by atoms with Crippen molar-refractivity contribution in [3.05, 3.63) is 40.2 Å². The number of Topliss-reactive ketones (excluding diaryl/α,β-unsaturated/α-hetero) is 1. The molecule has 5 heteroatoms. The summed E-state index contributed by atoms with van der Waals surface area (Å²) in [6.45, 7) is 1.45. The molecular formula is C13H13NO3S. The molecule has 1 heterocycles. The maximum Gasteiger partial charge on any atom is 0.205 e. The monoisotopic (exact) mass is 263 g/mol. The molecule has 0 amide bonds. The SMILES string of the molecule is CC(=O)c1ccc2c(c1)c(=O)c(S(C)=O)cn2C. The first-order valence-electron chi connectivity index (χ1n) is 5.39. The molecule has 0 aliphatic carbocycles. The molecule has 4 nitrogen and oxygen atoms in total. The van der Waals surface area contributed by atoms with Crippen LogP contribution in [0.3, 0.4) is 0 Å². The molecule has 0 saturated carbocycles. The average molecular weight is 263 g/mol. The second kappa shape index (κ2) is 4.49. The summed E-state index contributed by atoms with van der Waals surface area (Å²) in [5.41, 5.74) is 0.935. The van der Waals surface area contributed by atoms with E-state index in [0.29, 0.717) is 10.9 Å². The Hall–Kier alpha value is -1.75. The number of carbonyl (C=O) groups is 1. The van der Waals surface area contributed by atoms with Crippen LogP contribution in [0.2, 0.25) is 0 Å². The van der Waals surface area contributed by atoms with Gasteiger partial charge in [-0.25, -0.2) is 0 Å². The van der Waals surface area contributed by atoms with E-state index < -0.39 is 10.8 Å². The zero-order chi connectivity index (χ0) is 13.4. The largest absolute Gasteiger partial charge is 0.349 e. The third kappa shape index (κ3) is 2.01. The van der Waals surface area contributed by atoms with Gasteiger partial charge in [-0.2, -0.15) is 0 Å². The molecule has 1 aromatic heterocycles. The topological polar surface area (TPSA) is 56.1 Å². The van der Waals surface area contributed by atoms with E-state index in [9.17, 15) is 13.8 Å². The number of fused-ring (bicyclic) bond motifs is 1. The Morgan fingerprint density at radius 2 is 2.00 bits per heavy atom. The standard InChI is InChI=1S/C13H13NO3S/c1-8(15)9-4-5-11-10(6-9)13(16)12(18(3)17)7-14(11)2/h4-7H,1-3H3. The minimum Gasteiger partial charge on any atom is -0.349 e. The van der Waals surface area contributed by atoms with Gasteiger partial charge in [-0.3, -0.25) is 13.8 Å². The van der Waals surface area contributed by atoms with Gasteiger partial charge in [0, 0.05) is 30.4 Å². The van der Waals surface area contributed by atoms with Gasteiger partial charge in [0.1, 0.15) is 4.90 Å². The highest BCUT2D eigenvalue weighted by Gasteiger charge is 2.11. The maximum absolute atomic E-state index is 12.2. The Morgan fingerprint density at radius 1 is 1.33 bits per heavy atom. The van der Waals surface area contributed by atoms with Crippen LogP contribution >= 0.6 is 0 Å². The van der Waals surface area contributed by atoms with E-state index in [2.05, 4.69) is 0 Å². The van der Waals surface area contributed by atoms with Crippen LogP contribution in [0.25, 0.3) is 10.9 Å². The van der Waals surface area contributed by atoms with Crippen molar-refractivity contribution in [3.8, 4) is 0 Å². The summed E-state index contributed by atoms with van der Waals surface area (Å²) in [5.74, 6) is -0.0954. The molecule has 2 aromatic rings. The number of pyridine rings is 1. The first-order chi connectivity index (χ1) is 8.41. The van der Waals surface area contributed by atoms with Gasteiger partial charge in [-0.15, -0.1) is 0 Å². The van der Waals surface area contributed by atoms with E-state index in [0.717, 1.165) is 5.52 Å². The smallest absolute Gasteiger partial charge is 0.205 e. The summed E-state index contributed by atoms with van der Waals surface area (Å²) in [7, 11) is 0.441. The predicted octanol–water partition coefficient (Wildman–Crippen LogP) is 1.48. The Kier molecular flexibility index (Phi) is 3.17. The summed E-state index contributed by atoms with van der Waals surface area (Å²) in [6, 6.07) is 4.98. The molecule has 0 aliphatic heterocycles. The van der Waals surface area contributed by atoms with Crippen molar-refractivity contribution in [3.63, 3.8) is 0 Å². The summed E-state index contributed by atoms with van der Waals surface area (Å²) in [4.78, 5) is 23.8. The quantitative estimate of drug-likeness (QED) is 0.771. The van der Waals surface area contributed by atoms with Gasteiger partial charge in [-0.05, 0) is 25.1 Å². The van der Waals surface area contributed by atoms with Gasteiger partial charge < -0.3 is 4.57 Å². The Morgan fingerprint density at radius 3 is 2.56 bits per heavy atom. The molecule has 18 heavy (non-hydrogen) atoms. The van der Waals surface area contributed by atoms with Crippen LogP contribution in [0.5, 0.6) is 0 Å². The van der Waals surface area contributed by atoms with Crippen molar-refractivity contribution in [1.82, 2.24) is 4.57 Å². The van der Waals surface area contributed by atoms with Gasteiger partial charge in [0.2, 0.25) is 5.43 Å². The molecule has 94 valence electrons. The van der Waals surface area contributed by atoms with Crippen LogP contribution in [0.15, 0.2) is 34.1 Å². The lowest BCUT2D eigenvalue weighted by Crippen LogP contribution is -2.14. The third-order valence-electron chi connectivity index (χ3n) is 2.87. The Labute approximate surface area is 107 Å². The Bertz CT molecular complexity index is 731. The minimum atomic E-state index is -1.34. The number of carbonyl (C=O) groups excluding carboxylic acids is 1. The molecule has 0 aliphatic rings. The van der Waals surface area contributed by atoms with Crippen molar-refractivity contribution in [2.24, 2.45) is 7.05 Å². The van der Waals surface area contributed by atoms with Crippen LogP contribution in [-0.2, 0) is 17.8 Å². The molecule has 0 fully saturated rings. The molecule has 0 N–H and O–H groups in total. The number of nitrogens with zero attached hydrogens (tertiary/aromatic N) is 1. The summed E-state index contributed by atoms with van der Waals surface area (Å²) in [6.07, 6.45) is 3.05. The molecule has 0 saturated heterocycles. The fraction of sp³-hybridized carbons (Fsp3) is 0.231. The predicted molar refractivity (Wildman–Crippen MR) is 71.5 cm³/mol. The first-order valence-corrected chi connectivity index (χ1v) is 6.95. The second-order valence-corrected chi connectivity index (χ2v) is 5.52. The Balaban J connectivity index is 2.92. The van der Waals surface area contributed by atoms with Crippen molar-refractivity contribution < 1.29 is 9.00 Å². The highest BCUT2D eigenvalue weighted by Crippen LogP contribution is 2.15. The number of ketones is 1. The summed E-state index contributed by atoms with van der Waals surface area (Å²) >= 11 is 0. The third-order valence-corrected chi connectivity index (χ3v) is 3.78. The normalized spacial score (nSPS) is 12.6. The van der Waals surface area contributed by atoms with Gasteiger partial charge in [-0.1, -0.05) is 0 Å². The van der Waals surface area contributed by atoms with Crippen molar-refractivity contribution in [2.75, 3.05) is 6.26 Å². The van der Waals surface area contributed by atoms with Crippen LogP contribution in [0.1, 0.15) is 17.3 Å². The van der Waals surface area contributed by atoms with E-state index in [4.69, 9.17) is 0 Å². The zero-order valence-electron chi connectivity index (χ0n) is 10.4. The lowest BCUT2D eigenvalue weighted by molar-refractivity contribution is 0.101. The molecule has 1 atom stereocenters. The fourth-order valence-electron chi connectivity index (χ4n) is 1.89. The van der Waals surface area contributed by atoms with Gasteiger partial charge in [0.15, 0.2) is 5.78 Å². The van der Waals surface area contributed by atoms with Gasteiger partial charge in [0.05, 0.1) is 16.3 Å². The number of aryl methyl sites for hydroxylation is 1. The van der Waals surface area contributed by atoms with Crippen LogP contribution in [0, 0.1) is 0 Å². The van der Waals surface area contributed by atoms with Gasteiger partial charge >= 0.3 is 0 Å². The van der Waals surface area contributed by atoms with E-state index in [1.807, 2.05) is 0 Å². The fourth-order valence-corrected chi connectivity index (χ4v) is 2.56. The molecule has 0 radical (unpaired) electrons. The maximum atomic E-state index is 12.2. The molecule has 1 aromatic carbocycles. The molecule has 0 spiro atoms. The molecule has 2 rings (SSSR count). The van der Waals surface area contributed by atoms with E-state index in [1.54, 1.807) is 36.0 Å². The van der Waals surface area contributed by atoms with Crippen molar-refractivity contribution >= 4 is 27.5 Å². The second-order valence-electron chi connectivity index (χ2n) is 4.18. The lowest BCUT2D eigenvalue weighted by Gasteiger charge is -2.08. The van der Waals surface area contributed by atoms with E-state index >= 15 is 0 Å². The minimum absolute atomic E-state index is 0.0954. The van der Waals surface area contributed by atoms with Crippen molar-refractivity contribution in [1.29, 1.82) is 0 Å². The van der Waals surface area contributed by atoms with E-state index in [-0.39, 0.29) is 16.1 Å². The summed E-state index contributed by atoms with van der Waals surface area (Å²) in [5, 5.41) is 0.429. The average Bonchev–Trinajstić information content (AvgIpc) is 2.32. The van der Waals surface area contributed by atoms with Gasteiger partial charge in [0.25, 0.3) is 0 Å². The number of hydrogen-bond donors (Lipinski definition) is 0. The van der Waals surface area contributed by atoms with Crippen LogP contribution < -0.4 is 5.43 Å². The highest BCUT2D eigenvalue weighted by molar-refractivity contribution is 7.84. The van der Waals surface area contributed by atoms with Crippen molar-refractivity contribution in [2.45, 2.75) is 11.8 Å².